The van der Waals surface area contributed by atoms with Gasteiger partial charge in [0.05, 0.1) is 16.7 Å². The minimum absolute atomic E-state index is 0.194. The number of nitrogens with zero attached hydrogens (tertiary/aromatic N) is 2. The summed E-state index contributed by atoms with van der Waals surface area (Å²) in [5.74, 6) is -0.449. The quantitative estimate of drug-likeness (QED) is 0.342. The van der Waals surface area contributed by atoms with Gasteiger partial charge < -0.3 is 4.57 Å². The molecule has 1 aliphatic rings. The van der Waals surface area contributed by atoms with E-state index in [-0.39, 0.29) is 17.9 Å². The lowest BCUT2D eigenvalue weighted by atomic mass is 9.92. The molecule has 31 heavy (non-hydrogen) atoms. The third-order valence-electron chi connectivity index (χ3n) is 6.25. The highest BCUT2D eigenvalue weighted by atomic mass is 16.2. The normalized spacial score (nSPS) is 13.8. The molecule has 1 aliphatic heterocycles. The lowest BCUT2D eigenvalue weighted by molar-refractivity contribution is 0.0564. The predicted molar refractivity (Wildman–Crippen MR) is 124 cm³/mol. The van der Waals surface area contributed by atoms with Gasteiger partial charge in [0.2, 0.25) is 0 Å². The van der Waals surface area contributed by atoms with Gasteiger partial charge in [-0.2, -0.15) is 0 Å². The smallest absolute Gasteiger partial charge is 0.261 e. The Morgan fingerprint density at radius 3 is 1.77 bits per heavy atom. The first-order chi connectivity index (χ1) is 15.1. The molecule has 0 atom stereocenters. The van der Waals surface area contributed by atoms with Crippen molar-refractivity contribution in [2.24, 2.45) is 0 Å². The zero-order chi connectivity index (χ0) is 21.3. The van der Waals surface area contributed by atoms with E-state index in [2.05, 4.69) is 41.0 Å². The maximum Gasteiger partial charge on any atom is 0.261 e. The number of aromatic nitrogens is 1. The summed E-state index contributed by atoms with van der Waals surface area (Å²) in [5, 5.41) is 4.01. The Hall–Kier alpha value is -3.92. The lowest BCUT2D eigenvalue weighted by Gasteiger charge is -2.30. The van der Waals surface area contributed by atoms with Crippen LogP contribution in [0, 0.1) is 0 Å². The van der Waals surface area contributed by atoms with Crippen molar-refractivity contribution < 1.29 is 9.59 Å². The fourth-order valence-electron chi connectivity index (χ4n) is 4.95. The summed E-state index contributed by atoms with van der Waals surface area (Å²) in [6.45, 7) is 3.74. The Labute approximate surface area is 179 Å². The number of carbonyl (C=O) groups is 2. The molecule has 150 valence electrons. The van der Waals surface area contributed by atoms with E-state index in [4.69, 9.17) is 0 Å². The Morgan fingerprint density at radius 2 is 1.16 bits per heavy atom. The topological polar surface area (TPSA) is 42.3 Å². The largest absolute Gasteiger partial charge is 0.309 e. The van der Waals surface area contributed by atoms with Gasteiger partial charge in [-0.15, -0.1) is 0 Å². The van der Waals surface area contributed by atoms with Gasteiger partial charge in [0.25, 0.3) is 11.8 Å². The molecule has 0 fully saturated rings. The van der Waals surface area contributed by atoms with Crippen molar-refractivity contribution in [1.29, 1.82) is 0 Å². The van der Waals surface area contributed by atoms with Crippen LogP contribution in [0.15, 0.2) is 78.9 Å². The van der Waals surface area contributed by atoms with Crippen LogP contribution in [0.25, 0.3) is 38.3 Å². The van der Waals surface area contributed by atoms with Crippen LogP contribution in [-0.4, -0.2) is 27.3 Å². The van der Waals surface area contributed by atoms with E-state index in [9.17, 15) is 9.59 Å². The Kier molecular flexibility index (Phi) is 3.63. The number of fused-ring (bicyclic) bond motifs is 3. The van der Waals surface area contributed by atoms with Crippen LogP contribution in [0.4, 0.5) is 0 Å². The molecule has 2 heterocycles. The van der Waals surface area contributed by atoms with Crippen molar-refractivity contribution in [3.05, 3.63) is 90.0 Å². The second-order valence-electron chi connectivity index (χ2n) is 8.30. The molecule has 4 nitrogen and oxygen atoms in total. The fraction of sp³-hybridized carbons (Fsp3) is 0.111. The second kappa shape index (κ2) is 6.29. The predicted octanol–water partition coefficient (Wildman–Crippen LogP) is 5.94. The summed E-state index contributed by atoms with van der Waals surface area (Å²) in [5.41, 5.74) is 4.34. The minimum Gasteiger partial charge on any atom is -0.309 e. The number of rotatable bonds is 2. The van der Waals surface area contributed by atoms with Crippen molar-refractivity contribution in [2.75, 3.05) is 0 Å². The lowest BCUT2D eigenvalue weighted by Crippen LogP contribution is -2.44. The van der Waals surface area contributed by atoms with Gasteiger partial charge in [0.15, 0.2) is 0 Å². The van der Waals surface area contributed by atoms with E-state index in [1.54, 1.807) is 0 Å². The maximum atomic E-state index is 13.2. The van der Waals surface area contributed by atoms with Gasteiger partial charge in [-0.25, -0.2) is 0 Å². The number of benzene rings is 4. The molecule has 0 unspecified atom stereocenters. The Morgan fingerprint density at radius 1 is 0.613 bits per heavy atom. The maximum absolute atomic E-state index is 13.2. The number of amides is 2. The van der Waals surface area contributed by atoms with Gasteiger partial charge in [-0.3, -0.25) is 14.5 Å². The number of hydrogen-bond donors (Lipinski definition) is 0. The zero-order valence-corrected chi connectivity index (χ0v) is 17.3. The number of hydrogen-bond acceptors (Lipinski definition) is 2. The van der Waals surface area contributed by atoms with E-state index in [1.165, 1.54) is 15.7 Å². The molecule has 4 heteroatoms. The number of carbonyl (C=O) groups excluding carboxylic acids is 2. The van der Waals surface area contributed by atoms with E-state index >= 15 is 0 Å². The third-order valence-corrected chi connectivity index (χ3v) is 6.25. The van der Waals surface area contributed by atoms with Gasteiger partial charge in [-0.1, -0.05) is 48.5 Å². The Balaban J connectivity index is 1.74. The van der Waals surface area contributed by atoms with E-state index < -0.39 is 0 Å². The summed E-state index contributed by atoms with van der Waals surface area (Å²) >= 11 is 0. The van der Waals surface area contributed by atoms with Crippen LogP contribution in [0.3, 0.4) is 0 Å². The van der Waals surface area contributed by atoms with Crippen LogP contribution in [0.1, 0.15) is 34.6 Å². The van der Waals surface area contributed by atoms with E-state index in [1.807, 2.05) is 56.3 Å². The SMILES string of the molecule is CC(C)N1C(=O)c2cccc3c(-n4c5ccccc5c5ccccc54)ccc(c23)C1=O. The monoisotopic (exact) mass is 404 g/mol. The first-order valence-corrected chi connectivity index (χ1v) is 10.5. The first-order valence-electron chi connectivity index (χ1n) is 10.5. The molecule has 0 radical (unpaired) electrons. The highest BCUT2D eigenvalue weighted by molar-refractivity contribution is 6.26. The third kappa shape index (κ3) is 2.30. The van der Waals surface area contributed by atoms with Gasteiger partial charge >= 0.3 is 0 Å². The molecule has 6 rings (SSSR count). The second-order valence-corrected chi connectivity index (χ2v) is 8.30. The van der Waals surface area contributed by atoms with Crippen LogP contribution < -0.4 is 0 Å². The number of imide groups is 1. The first kappa shape index (κ1) is 17.9. The standard InChI is InChI=1S/C27H20N2O2/c1-16(2)28-26(30)20-11-7-10-19-24(15-14-21(25(19)20)27(28)31)29-22-12-5-3-8-17(22)18-9-4-6-13-23(18)29/h3-16H,1-2H3. The molecule has 1 aromatic heterocycles. The number of para-hydroxylation sites is 2. The van der Waals surface area contributed by atoms with Crippen molar-refractivity contribution in [3.8, 4) is 5.69 Å². The molecular formula is C27H20N2O2. The zero-order valence-electron chi connectivity index (χ0n) is 17.3. The molecule has 2 amide bonds. The molecular weight excluding hydrogens is 384 g/mol. The molecule has 0 bridgehead atoms. The summed E-state index contributed by atoms with van der Waals surface area (Å²) in [6, 6.07) is 26.1. The summed E-state index contributed by atoms with van der Waals surface area (Å²) in [6.07, 6.45) is 0. The molecule has 0 saturated carbocycles. The highest BCUT2D eigenvalue weighted by Crippen LogP contribution is 2.38. The Bertz CT molecular complexity index is 1480. The van der Waals surface area contributed by atoms with Gasteiger partial charge in [0.1, 0.15) is 0 Å². The van der Waals surface area contributed by atoms with E-state index in [0.29, 0.717) is 11.1 Å². The highest BCUT2D eigenvalue weighted by Gasteiger charge is 2.35. The van der Waals surface area contributed by atoms with Crippen LogP contribution in [-0.2, 0) is 0 Å². The summed E-state index contributed by atoms with van der Waals surface area (Å²) < 4.78 is 2.23. The van der Waals surface area contributed by atoms with E-state index in [0.717, 1.165) is 27.5 Å². The molecule has 0 saturated heterocycles. The molecule has 5 aromatic rings. The van der Waals surface area contributed by atoms with Crippen molar-refractivity contribution >= 4 is 44.4 Å². The van der Waals surface area contributed by atoms with Gasteiger partial charge in [0, 0.05) is 38.7 Å². The molecule has 4 aromatic carbocycles. The molecule has 0 N–H and O–H groups in total. The van der Waals surface area contributed by atoms with Crippen LogP contribution >= 0.6 is 0 Å². The van der Waals surface area contributed by atoms with Crippen LogP contribution in [0.2, 0.25) is 0 Å². The summed E-state index contributed by atoms with van der Waals surface area (Å²) in [4.78, 5) is 27.7. The van der Waals surface area contributed by atoms with Gasteiger partial charge in [-0.05, 0) is 44.2 Å². The molecule has 0 aliphatic carbocycles. The van der Waals surface area contributed by atoms with Crippen molar-refractivity contribution in [1.82, 2.24) is 9.47 Å². The van der Waals surface area contributed by atoms with Crippen molar-refractivity contribution in [3.63, 3.8) is 0 Å². The summed E-state index contributed by atoms with van der Waals surface area (Å²) in [7, 11) is 0. The molecule has 0 spiro atoms. The minimum atomic E-state index is -0.225. The van der Waals surface area contributed by atoms with Crippen molar-refractivity contribution in [2.45, 2.75) is 19.9 Å². The average Bonchev–Trinajstić information content (AvgIpc) is 3.11. The fourth-order valence-corrected chi connectivity index (χ4v) is 4.95. The average molecular weight is 404 g/mol. The van der Waals surface area contributed by atoms with Crippen LogP contribution in [0.5, 0.6) is 0 Å².